The van der Waals surface area contributed by atoms with Crippen molar-refractivity contribution in [2.75, 3.05) is 32.2 Å². The number of methoxy groups -OCH3 is 1. The monoisotopic (exact) mass is 267 g/mol. The molecule has 0 saturated carbocycles. The zero-order valence-electron chi connectivity index (χ0n) is 11.5. The number of amidine groups is 1. The molecule has 0 aliphatic carbocycles. The van der Waals surface area contributed by atoms with Crippen molar-refractivity contribution in [1.82, 2.24) is 0 Å². The molecule has 106 valence electrons. The third kappa shape index (κ3) is 4.11. The summed E-state index contributed by atoms with van der Waals surface area (Å²) < 4.78 is 4.90. The number of anilines is 1. The molecule has 1 unspecified atom stereocenters. The lowest BCUT2D eigenvalue weighted by molar-refractivity contribution is 0.0695. The molecule has 0 heterocycles. The molecule has 19 heavy (non-hydrogen) atoms. The number of likely N-dealkylation sites (N-methyl/N-ethyl adjacent to an activating group) is 1. The van der Waals surface area contributed by atoms with Crippen molar-refractivity contribution in [3.8, 4) is 0 Å². The molecular formula is C13H21N3O3. The lowest BCUT2D eigenvalue weighted by atomic mass is 10.1. The molecule has 1 aromatic carbocycles. The van der Waals surface area contributed by atoms with Gasteiger partial charge in [-0.3, -0.25) is 0 Å². The first-order valence-corrected chi connectivity index (χ1v) is 5.96. The zero-order chi connectivity index (χ0) is 14.4. The lowest BCUT2D eigenvalue weighted by Crippen LogP contribution is -2.32. The van der Waals surface area contributed by atoms with Crippen LogP contribution in [0.25, 0.3) is 0 Å². The molecule has 0 radical (unpaired) electrons. The van der Waals surface area contributed by atoms with Gasteiger partial charge in [0.25, 0.3) is 0 Å². The van der Waals surface area contributed by atoms with E-state index in [2.05, 4.69) is 5.16 Å². The minimum absolute atomic E-state index is 0.0803. The Bertz CT molecular complexity index is 449. The van der Waals surface area contributed by atoms with Crippen molar-refractivity contribution >= 4 is 11.5 Å². The maximum atomic E-state index is 9.71. The quantitative estimate of drug-likeness (QED) is 0.303. The van der Waals surface area contributed by atoms with Crippen LogP contribution in [-0.4, -0.2) is 49.6 Å². The van der Waals surface area contributed by atoms with Crippen LogP contribution in [0.3, 0.4) is 0 Å². The van der Waals surface area contributed by atoms with Crippen LogP contribution >= 0.6 is 0 Å². The Kier molecular flexibility index (Phi) is 5.59. The van der Waals surface area contributed by atoms with Gasteiger partial charge in [0.1, 0.15) is 0 Å². The minimum Gasteiger partial charge on any atom is -0.409 e. The molecular weight excluding hydrogens is 246 g/mol. The van der Waals surface area contributed by atoms with Gasteiger partial charge in [-0.1, -0.05) is 5.16 Å². The zero-order valence-corrected chi connectivity index (χ0v) is 11.5. The largest absolute Gasteiger partial charge is 0.409 e. The first kappa shape index (κ1) is 15.3. The maximum Gasteiger partial charge on any atom is 0.170 e. The fourth-order valence-electron chi connectivity index (χ4n) is 1.96. The number of aliphatic hydroxyl groups is 1. The van der Waals surface area contributed by atoms with Crippen molar-refractivity contribution in [3.63, 3.8) is 0 Å². The Morgan fingerprint density at radius 1 is 1.53 bits per heavy atom. The number of aryl methyl sites for hydroxylation is 1. The highest BCUT2D eigenvalue weighted by atomic mass is 16.5. The molecule has 0 bridgehead atoms. The minimum atomic E-state index is -0.543. The molecule has 0 fully saturated rings. The third-order valence-electron chi connectivity index (χ3n) is 2.86. The first-order chi connectivity index (χ1) is 8.99. The van der Waals surface area contributed by atoms with E-state index in [0.717, 1.165) is 11.3 Å². The number of hydrogen-bond acceptors (Lipinski definition) is 5. The van der Waals surface area contributed by atoms with Crippen LogP contribution in [0.4, 0.5) is 5.69 Å². The normalized spacial score (nSPS) is 13.4. The van der Waals surface area contributed by atoms with Crippen LogP contribution in [0.5, 0.6) is 0 Å². The predicted molar refractivity (Wildman–Crippen MR) is 74.8 cm³/mol. The highest BCUT2D eigenvalue weighted by Gasteiger charge is 2.11. The standard InChI is InChI=1S/C13H21N3O3/c1-9-6-10(13(14)15-18)4-5-12(9)16(2)7-11(17)8-19-3/h4-6,11,17-18H,7-8H2,1-3H3,(H2,14,15). The molecule has 0 aliphatic heterocycles. The Morgan fingerprint density at radius 3 is 2.74 bits per heavy atom. The number of ether oxygens (including phenoxy) is 1. The van der Waals surface area contributed by atoms with Crippen molar-refractivity contribution in [2.24, 2.45) is 10.9 Å². The number of oxime groups is 1. The smallest absolute Gasteiger partial charge is 0.170 e. The van der Waals surface area contributed by atoms with E-state index in [0.29, 0.717) is 18.7 Å². The molecule has 0 saturated heterocycles. The summed E-state index contributed by atoms with van der Waals surface area (Å²) in [6.45, 7) is 2.70. The summed E-state index contributed by atoms with van der Waals surface area (Å²) in [5.74, 6) is 0.0803. The Balaban J connectivity index is 2.84. The van der Waals surface area contributed by atoms with Crippen LogP contribution in [0.15, 0.2) is 23.4 Å². The topological polar surface area (TPSA) is 91.3 Å². The van der Waals surface area contributed by atoms with E-state index in [1.807, 2.05) is 31.0 Å². The lowest BCUT2D eigenvalue weighted by Gasteiger charge is -2.24. The second-order valence-electron chi connectivity index (χ2n) is 4.48. The summed E-state index contributed by atoms with van der Waals surface area (Å²) in [4.78, 5) is 1.94. The number of benzene rings is 1. The summed E-state index contributed by atoms with van der Waals surface area (Å²) in [5.41, 5.74) is 8.16. The third-order valence-corrected chi connectivity index (χ3v) is 2.86. The number of hydrogen-bond donors (Lipinski definition) is 3. The van der Waals surface area contributed by atoms with Crippen LogP contribution in [0, 0.1) is 6.92 Å². The van der Waals surface area contributed by atoms with Gasteiger partial charge in [0.2, 0.25) is 0 Å². The fraction of sp³-hybridized carbons (Fsp3) is 0.462. The molecule has 1 aromatic rings. The van der Waals surface area contributed by atoms with Gasteiger partial charge in [-0.15, -0.1) is 0 Å². The molecule has 0 aliphatic rings. The molecule has 4 N–H and O–H groups in total. The van der Waals surface area contributed by atoms with Crippen molar-refractivity contribution in [2.45, 2.75) is 13.0 Å². The van der Waals surface area contributed by atoms with Gasteiger partial charge in [-0.25, -0.2) is 0 Å². The average molecular weight is 267 g/mol. The second kappa shape index (κ2) is 6.96. The van der Waals surface area contributed by atoms with Gasteiger partial charge in [0, 0.05) is 32.0 Å². The summed E-state index contributed by atoms with van der Waals surface area (Å²) in [6, 6.07) is 5.49. The first-order valence-electron chi connectivity index (χ1n) is 5.96. The van der Waals surface area contributed by atoms with Gasteiger partial charge < -0.3 is 25.7 Å². The number of nitrogens with zero attached hydrogens (tertiary/aromatic N) is 2. The van der Waals surface area contributed by atoms with Crippen LogP contribution < -0.4 is 10.6 Å². The molecule has 0 aromatic heterocycles. The van der Waals surface area contributed by atoms with E-state index >= 15 is 0 Å². The van der Waals surface area contributed by atoms with Crippen LogP contribution in [0.2, 0.25) is 0 Å². The molecule has 1 atom stereocenters. The Morgan fingerprint density at radius 2 is 2.21 bits per heavy atom. The molecule has 0 amide bonds. The van der Waals surface area contributed by atoms with E-state index in [1.165, 1.54) is 0 Å². The Labute approximate surface area is 113 Å². The van der Waals surface area contributed by atoms with Crippen molar-refractivity contribution < 1.29 is 15.1 Å². The van der Waals surface area contributed by atoms with Crippen LogP contribution in [-0.2, 0) is 4.74 Å². The summed E-state index contributed by atoms with van der Waals surface area (Å²) in [5, 5.41) is 21.3. The molecule has 6 heteroatoms. The van der Waals surface area contributed by atoms with E-state index < -0.39 is 6.10 Å². The summed E-state index contributed by atoms with van der Waals surface area (Å²) in [7, 11) is 3.45. The predicted octanol–water partition coefficient (Wildman–Crippen LogP) is 0.533. The number of aliphatic hydroxyl groups excluding tert-OH is 1. The molecule has 6 nitrogen and oxygen atoms in total. The van der Waals surface area contributed by atoms with Crippen LogP contribution in [0.1, 0.15) is 11.1 Å². The van der Waals surface area contributed by atoms with Gasteiger partial charge in [-0.2, -0.15) is 0 Å². The molecule has 1 rings (SSSR count). The average Bonchev–Trinajstić information content (AvgIpc) is 2.37. The highest BCUT2D eigenvalue weighted by molar-refractivity contribution is 5.97. The van der Waals surface area contributed by atoms with E-state index in [9.17, 15) is 5.11 Å². The summed E-state index contributed by atoms with van der Waals surface area (Å²) in [6.07, 6.45) is -0.543. The van der Waals surface area contributed by atoms with E-state index in [1.54, 1.807) is 13.2 Å². The number of rotatable bonds is 6. The summed E-state index contributed by atoms with van der Waals surface area (Å²) >= 11 is 0. The maximum absolute atomic E-state index is 9.71. The van der Waals surface area contributed by atoms with Crippen molar-refractivity contribution in [1.29, 1.82) is 0 Å². The van der Waals surface area contributed by atoms with Gasteiger partial charge >= 0.3 is 0 Å². The SMILES string of the molecule is COCC(O)CN(C)c1ccc(/C(N)=N/O)cc1C. The van der Waals surface area contributed by atoms with Crippen molar-refractivity contribution in [3.05, 3.63) is 29.3 Å². The number of nitrogens with two attached hydrogens (primary N) is 1. The van der Waals surface area contributed by atoms with Gasteiger partial charge in [0.05, 0.1) is 12.7 Å². The molecule has 0 spiro atoms. The second-order valence-corrected chi connectivity index (χ2v) is 4.48. The van der Waals surface area contributed by atoms with E-state index in [-0.39, 0.29) is 5.84 Å². The van der Waals surface area contributed by atoms with Gasteiger partial charge in [-0.05, 0) is 30.7 Å². The Hall–Kier alpha value is -1.79. The fourth-order valence-corrected chi connectivity index (χ4v) is 1.96. The highest BCUT2D eigenvalue weighted by Crippen LogP contribution is 2.20. The van der Waals surface area contributed by atoms with E-state index in [4.69, 9.17) is 15.7 Å². The van der Waals surface area contributed by atoms with Gasteiger partial charge in [0.15, 0.2) is 5.84 Å².